The zero-order valence-electron chi connectivity index (χ0n) is 13.3. The van der Waals surface area contributed by atoms with Gasteiger partial charge in [0.1, 0.15) is 6.04 Å². The fourth-order valence-corrected chi connectivity index (χ4v) is 4.58. The van der Waals surface area contributed by atoms with Gasteiger partial charge < -0.3 is 4.74 Å². The molecule has 0 saturated carbocycles. The first-order chi connectivity index (χ1) is 11.6. The van der Waals surface area contributed by atoms with Crippen molar-refractivity contribution in [1.29, 1.82) is 0 Å². The highest BCUT2D eigenvalue weighted by atomic mass is 35.5. The van der Waals surface area contributed by atoms with Crippen LogP contribution in [0.1, 0.15) is 31.7 Å². The number of halogens is 4. The molecular weight excluding hydrogens is 383 g/mol. The lowest BCUT2D eigenvalue weighted by Crippen LogP contribution is -2.48. The Hall–Kier alpha value is -1.32. The second kappa shape index (κ2) is 7.51. The van der Waals surface area contributed by atoms with Crippen LogP contribution in [0.15, 0.2) is 23.1 Å². The number of nitrogens with zero attached hydrogens (tertiary/aromatic N) is 1. The Labute approximate surface area is 148 Å². The van der Waals surface area contributed by atoms with E-state index in [4.69, 9.17) is 16.3 Å². The van der Waals surface area contributed by atoms with Gasteiger partial charge in [-0.05, 0) is 44.4 Å². The normalized spacial score (nSPS) is 19.6. The summed E-state index contributed by atoms with van der Waals surface area (Å²) < 4.78 is 70.4. The summed E-state index contributed by atoms with van der Waals surface area (Å²) in [4.78, 5) is 11.5. The smallest absolute Gasteiger partial charge is 0.417 e. The monoisotopic (exact) mass is 399 g/mol. The fraction of sp³-hybridized carbons (Fsp3) is 0.533. The summed E-state index contributed by atoms with van der Waals surface area (Å²) in [5.41, 5.74) is -1.24. The fourth-order valence-electron chi connectivity index (χ4n) is 2.68. The van der Waals surface area contributed by atoms with E-state index >= 15 is 0 Å². The minimum Gasteiger partial charge on any atom is -0.465 e. The van der Waals surface area contributed by atoms with Crippen molar-refractivity contribution >= 4 is 27.6 Å². The average molecular weight is 400 g/mol. The summed E-state index contributed by atoms with van der Waals surface area (Å²) in [6.07, 6.45) is -3.39. The van der Waals surface area contributed by atoms with E-state index in [9.17, 15) is 26.4 Å². The Kier molecular flexibility index (Phi) is 6.01. The number of carbonyl (C=O) groups excluding carboxylic acids is 1. The van der Waals surface area contributed by atoms with E-state index in [0.717, 1.165) is 16.4 Å². The Morgan fingerprint density at radius 3 is 2.64 bits per heavy atom. The molecule has 0 bridgehead atoms. The molecule has 140 valence electrons. The number of benzene rings is 1. The molecule has 1 aromatic rings. The van der Waals surface area contributed by atoms with Gasteiger partial charge in [0.2, 0.25) is 10.0 Å². The van der Waals surface area contributed by atoms with Gasteiger partial charge in [0, 0.05) is 6.54 Å². The van der Waals surface area contributed by atoms with Crippen LogP contribution in [-0.4, -0.2) is 37.9 Å². The minimum atomic E-state index is -4.79. The van der Waals surface area contributed by atoms with Crippen molar-refractivity contribution < 1.29 is 31.1 Å². The van der Waals surface area contributed by atoms with E-state index in [1.54, 1.807) is 6.92 Å². The molecule has 0 radical (unpaired) electrons. The quantitative estimate of drug-likeness (QED) is 0.727. The summed E-state index contributed by atoms with van der Waals surface area (Å²) in [5, 5.41) is -0.591. The topological polar surface area (TPSA) is 63.7 Å². The molecule has 1 unspecified atom stereocenters. The van der Waals surface area contributed by atoms with Gasteiger partial charge in [0.25, 0.3) is 0 Å². The standard InChI is InChI=1S/C15H17ClF3NO4S/c1-2-24-14(21)13-5-3-4-8-20(13)25(22,23)10-6-7-12(16)11(9-10)15(17,18)19/h6-7,9,13H,2-5,8H2,1H3. The third kappa shape index (κ3) is 4.27. The molecule has 0 N–H and O–H groups in total. The van der Waals surface area contributed by atoms with Gasteiger partial charge >= 0.3 is 12.1 Å². The van der Waals surface area contributed by atoms with Gasteiger partial charge in [-0.15, -0.1) is 0 Å². The second-order valence-electron chi connectivity index (χ2n) is 5.52. The van der Waals surface area contributed by atoms with Gasteiger partial charge in [-0.2, -0.15) is 17.5 Å². The lowest BCUT2D eigenvalue weighted by molar-refractivity contribution is -0.148. The molecule has 1 saturated heterocycles. The van der Waals surface area contributed by atoms with Crippen molar-refractivity contribution in [3.05, 3.63) is 28.8 Å². The van der Waals surface area contributed by atoms with Crippen LogP contribution in [0.3, 0.4) is 0 Å². The molecule has 1 fully saturated rings. The number of hydrogen-bond acceptors (Lipinski definition) is 4. The summed E-state index contributed by atoms with van der Waals surface area (Å²) in [5.74, 6) is -0.698. The van der Waals surface area contributed by atoms with Crippen LogP contribution in [0.5, 0.6) is 0 Å². The molecule has 2 rings (SSSR count). The first-order valence-electron chi connectivity index (χ1n) is 7.64. The van der Waals surface area contributed by atoms with Crippen molar-refractivity contribution in [2.75, 3.05) is 13.2 Å². The number of rotatable bonds is 4. The minimum absolute atomic E-state index is 0.0375. The van der Waals surface area contributed by atoms with Crippen LogP contribution in [0.25, 0.3) is 0 Å². The maximum Gasteiger partial charge on any atom is 0.417 e. The van der Waals surface area contributed by atoms with E-state index in [2.05, 4.69) is 0 Å². The Morgan fingerprint density at radius 2 is 2.04 bits per heavy atom. The molecule has 1 atom stereocenters. The van der Waals surface area contributed by atoms with Crippen molar-refractivity contribution in [2.45, 2.75) is 43.3 Å². The number of hydrogen-bond donors (Lipinski definition) is 0. The Balaban J connectivity index is 2.44. The van der Waals surface area contributed by atoms with Crippen molar-refractivity contribution in [1.82, 2.24) is 4.31 Å². The number of sulfonamides is 1. The first kappa shape index (κ1) is 20.0. The number of ether oxygens (including phenoxy) is 1. The van der Waals surface area contributed by atoms with Gasteiger partial charge in [0.15, 0.2) is 0 Å². The number of carbonyl (C=O) groups is 1. The molecule has 0 aromatic heterocycles. The summed E-state index contributed by atoms with van der Waals surface area (Å²) in [6, 6.07) is 1.35. The van der Waals surface area contributed by atoms with Crippen LogP contribution in [-0.2, 0) is 25.7 Å². The SMILES string of the molecule is CCOC(=O)C1CCCCN1S(=O)(=O)c1ccc(Cl)c(C(F)(F)F)c1. The lowest BCUT2D eigenvalue weighted by atomic mass is 10.1. The van der Waals surface area contributed by atoms with E-state index in [1.165, 1.54) is 0 Å². The molecule has 1 aliphatic heterocycles. The maximum absolute atomic E-state index is 13.0. The Morgan fingerprint density at radius 1 is 1.36 bits per heavy atom. The average Bonchev–Trinajstić information content (AvgIpc) is 2.54. The molecule has 0 spiro atoms. The van der Waals surface area contributed by atoms with E-state index in [-0.39, 0.29) is 19.6 Å². The van der Waals surface area contributed by atoms with Crippen LogP contribution in [0.2, 0.25) is 5.02 Å². The van der Waals surface area contributed by atoms with Gasteiger partial charge in [-0.3, -0.25) is 4.79 Å². The number of esters is 1. The van der Waals surface area contributed by atoms with E-state index in [1.807, 2.05) is 0 Å². The van der Waals surface area contributed by atoms with Gasteiger partial charge in [0.05, 0.1) is 22.1 Å². The molecule has 0 aliphatic carbocycles. The maximum atomic E-state index is 13.0. The van der Waals surface area contributed by atoms with Crippen LogP contribution in [0, 0.1) is 0 Å². The third-order valence-electron chi connectivity index (χ3n) is 3.86. The molecular formula is C15H17ClF3NO4S. The van der Waals surface area contributed by atoms with Crippen molar-refractivity contribution in [3.8, 4) is 0 Å². The van der Waals surface area contributed by atoms with Crippen LogP contribution < -0.4 is 0 Å². The molecule has 10 heteroatoms. The van der Waals surface area contributed by atoms with E-state index < -0.39 is 43.7 Å². The van der Waals surface area contributed by atoms with Gasteiger partial charge in [-0.25, -0.2) is 8.42 Å². The summed E-state index contributed by atoms with van der Waals surface area (Å²) in [7, 11) is -4.30. The molecule has 1 heterocycles. The van der Waals surface area contributed by atoms with Crippen LogP contribution in [0.4, 0.5) is 13.2 Å². The number of piperidine rings is 1. The second-order valence-corrected chi connectivity index (χ2v) is 7.82. The van der Waals surface area contributed by atoms with Crippen molar-refractivity contribution in [3.63, 3.8) is 0 Å². The zero-order valence-corrected chi connectivity index (χ0v) is 14.9. The van der Waals surface area contributed by atoms with Gasteiger partial charge in [-0.1, -0.05) is 11.6 Å². The third-order valence-corrected chi connectivity index (χ3v) is 6.10. The molecule has 1 aromatic carbocycles. The lowest BCUT2D eigenvalue weighted by Gasteiger charge is -2.33. The predicted octanol–water partition coefficient (Wildman–Crippen LogP) is 3.47. The highest BCUT2D eigenvalue weighted by molar-refractivity contribution is 7.89. The largest absolute Gasteiger partial charge is 0.465 e. The first-order valence-corrected chi connectivity index (χ1v) is 9.46. The number of alkyl halides is 3. The highest BCUT2D eigenvalue weighted by Gasteiger charge is 2.40. The van der Waals surface area contributed by atoms with E-state index in [0.29, 0.717) is 18.9 Å². The highest BCUT2D eigenvalue weighted by Crippen LogP contribution is 2.37. The zero-order chi connectivity index (χ0) is 18.8. The molecule has 25 heavy (non-hydrogen) atoms. The molecule has 5 nitrogen and oxygen atoms in total. The molecule has 0 amide bonds. The summed E-state index contributed by atoms with van der Waals surface area (Å²) >= 11 is 5.53. The Bertz CT molecular complexity index is 752. The van der Waals surface area contributed by atoms with Crippen molar-refractivity contribution in [2.24, 2.45) is 0 Å². The predicted molar refractivity (Wildman–Crippen MR) is 84.6 cm³/mol. The summed E-state index contributed by atoms with van der Waals surface area (Å²) in [6.45, 7) is 1.71. The van der Waals surface area contributed by atoms with Crippen LogP contribution >= 0.6 is 11.6 Å². The molecule has 1 aliphatic rings.